The van der Waals surface area contributed by atoms with Gasteiger partial charge in [-0.3, -0.25) is 0 Å². The molecule has 1 fully saturated rings. The highest BCUT2D eigenvalue weighted by Crippen LogP contribution is 2.37. The lowest BCUT2D eigenvalue weighted by atomic mass is 10.1. The lowest BCUT2D eigenvalue weighted by Gasteiger charge is -2.02. The summed E-state index contributed by atoms with van der Waals surface area (Å²) in [7, 11) is 0. The summed E-state index contributed by atoms with van der Waals surface area (Å²) >= 11 is 1.83. The van der Waals surface area contributed by atoms with Crippen molar-refractivity contribution >= 4 is 11.3 Å². The second-order valence-electron chi connectivity index (χ2n) is 4.20. The zero-order chi connectivity index (χ0) is 10.7. The molecule has 15 heavy (non-hydrogen) atoms. The van der Waals surface area contributed by atoms with Gasteiger partial charge in [0.05, 0.1) is 16.8 Å². The Balaban J connectivity index is 2.10. The molecule has 1 heterocycles. The number of thiazole rings is 1. The van der Waals surface area contributed by atoms with E-state index in [-0.39, 0.29) is 0 Å². The van der Waals surface area contributed by atoms with Gasteiger partial charge in [-0.15, -0.1) is 11.3 Å². The summed E-state index contributed by atoms with van der Waals surface area (Å²) in [6.45, 7) is 2.07. The molecule has 0 radical (unpaired) electrons. The summed E-state index contributed by atoms with van der Waals surface area (Å²) in [4.78, 5) is 5.97. The van der Waals surface area contributed by atoms with Crippen molar-refractivity contribution in [2.45, 2.75) is 51.4 Å². The van der Waals surface area contributed by atoms with Crippen LogP contribution in [-0.2, 0) is 6.42 Å². The van der Waals surface area contributed by atoms with Gasteiger partial charge in [0.1, 0.15) is 0 Å². The van der Waals surface area contributed by atoms with Crippen molar-refractivity contribution in [1.82, 2.24) is 4.98 Å². The lowest BCUT2D eigenvalue weighted by molar-refractivity contribution is 0.714. The predicted molar refractivity (Wildman–Crippen MR) is 62.0 cm³/mol. The van der Waals surface area contributed by atoms with Gasteiger partial charge in [-0.2, -0.15) is 5.26 Å². The Kier molecular flexibility index (Phi) is 3.37. The fourth-order valence-corrected chi connectivity index (χ4v) is 3.43. The van der Waals surface area contributed by atoms with E-state index >= 15 is 0 Å². The quantitative estimate of drug-likeness (QED) is 0.781. The molecule has 1 aliphatic carbocycles. The first kappa shape index (κ1) is 10.6. The zero-order valence-electron chi connectivity index (χ0n) is 9.12. The Hall–Kier alpha value is -0.880. The van der Waals surface area contributed by atoms with E-state index in [9.17, 15) is 0 Å². The highest BCUT2D eigenvalue weighted by molar-refractivity contribution is 7.11. The molecular weight excluding hydrogens is 204 g/mol. The number of nitriles is 1. The van der Waals surface area contributed by atoms with Crippen molar-refractivity contribution in [3.05, 3.63) is 15.6 Å². The first-order valence-electron chi connectivity index (χ1n) is 5.64. The Bertz CT molecular complexity index is 369. The molecule has 0 amide bonds. The van der Waals surface area contributed by atoms with Crippen LogP contribution < -0.4 is 0 Å². The average Bonchev–Trinajstić information content (AvgIpc) is 2.83. The van der Waals surface area contributed by atoms with Gasteiger partial charge in [-0.05, 0) is 26.2 Å². The fourth-order valence-electron chi connectivity index (χ4n) is 2.20. The maximum Gasteiger partial charge on any atom is 0.0961 e. The molecule has 0 unspecified atom stereocenters. The molecule has 0 aromatic carbocycles. The molecule has 80 valence electrons. The van der Waals surface area contributed by atoms with Crippen LogP contribution in [0.15, 0.2) is 0 Å². The molecule has 0 aliphatic heterocycles. The second-order valence-corrected chi connectivity index (χ2v) is 5.32. The highest BCUT2D eigenvalue weighted by Gasteiger charge is 2.21. The first-order chi connectivity index (χ1) is 7.31. The SMILES string of the molecule is Cc1nc(C2CCCC2)sc1CCC#N. The van der Waals surface area contributed by atoms with Crippen LogP contribution in [0.2, 0.25) is 0 Å². The minimum atomic E-state index is 0.618. The third-order valence-electron chi connectivity index (χ3n) is 3.08. The highest BCUT2D eigenvalue weighted by atomic mass is 32.1. The molecule has 2 rings (SSSR count). The van der Waals surface area contributed by atoms with E-state index in [4.69, 9.17) is 5.26 Å². The van der Waals surface area contributed by atoms with Gasteiger partial charge >= 0.3 is 0 Å². The summed E-state index contributed by atoms with van der Waals surface area (Å²) in [5, 5.41) is 9.89. The van der Waals surface area contributed by atoms with Crippen molar-refractivity contribution in [2.24, 2.45) is 0 Å². The molecule has 0 bridgehead atoms. The van der Waals surface area contributed by atoms with E-state index in [0.717, 1.165) is 12.1 Å². The summed E-state index contributed by atoms with van der Waals surface area (Å²) in [6, 6.07) is 2.20. The number of aryl methyl sites for hydroxylation is 2. The molecule has 1 aromatic rings. The van der Waals surface area contributed by atoms with Crippen molar-refractivity contribution in [3.63, 3.8) is 0 Å². The number of hydrogen-bond donors (Lipinski definition) is 0. The molecule has 0 spiro atoms. The number of rotatable bonds is 3. The van der Waals surface area contributed by atoms with E-state index in [0.29, 0.717) is 12.3 Å². The Morgan fingerprint density at radius 3 is 2.87 bits per heavy atom. The van der Waals surface area contributed by atoms with E-state index in [1.807, 2.05) is 11.3 Å². The standard InChI is InChI=1S/C12H16N2S/c1-9-11(7-4-8-13)15-12(14-9)10-5-2-3-6-10/h10H,2-7H2,1H3. The van der Waals surface area contributed by atoms with E-state index in [1.165, 1.54) is 35.6 Å². The normalized spacial score (nSPS) is 16.8. The van der Waals surface area contributed by atoms with Gasteiger partial charge < -0.3 is 0 Å². The van der Waals surface area contributed by atoms with Gasteiger partial charge in [-0.25, -0.2) is 4.98 Å². The molecule has 2 nitrogen and oxygen atoms in total. The maximum atomic E-state index is 8.57. The smallest absolute Gasteiger partial charge is 0.0961 e. The molecule has 1 saturated carbocycles. The minimum Gasteiger partial charge on any atom is -0.246 e. The molecule has 0 atom stereocenters. The van der Waals surface area contributed by atoms with Crippen LogP contribution in [0.25, 0.3) is 0 Å². The van der Waals surface area contributed by atoms with Crippen LogP contribution in [0, 0.1) is 18.3 Å². The summed E-state index contributed by atoms with van der Waals surface area (Å²) < 4.78 is 0. The molecule has 1 aliphatic rings. The summed E-state index contributed by atoms with van der Waals surface area (Å²) in [6.07, 6.45) is 6.84. The third kappa shape index (κ3) is 2.38. The topological polar surface area (TPSA) is 36.7 Å². The van der Waals surface area contributed by atoms with Gasteiger partial charge in [0, 0.05) is 17.2 Å². The average molecular weight is 220 g/mol. The van der Waals surface area contributed by atoms with Crippen LogP contribution in [-0.4, -0.2) is 4.98 Å². The van der Waals surface area contributed by atoms with E-state index < -0.39 is 0 Å². The Morgan fingerprint density at radius 2 is 2.20 bits per heavy atom. The van der Waals surface area contributed by atoms with E-state index in [2.05, 4.69) is 18.0 Å². The van der Waals surface area contributed by atoms with Crippen LogP contribution >= 0.6 is 11.3 Å². The Morgan fingerprint density at radius 1 is 1.47 bits per heavy atom. The van der Waals surface area contributed by atoms with E-state index in [1.54, 1.807) is 0 Å². The molecule has 1 aromatic heterocycles. The number of hydrogen-bond acceptors (Lipinski definition) is 3. The number of nitrogens with zero attached hydrogens (tertiary/aromatic N) is 2. The van der Waals surface area contributed by atoms with Crippen LogP contribution in [0.3, 0.4) is 0 Å². The molecular formula is C12H16N2S. The number of aromatic nitrogens is 1. The van der Waals surface area contributed by atoms with Gasteiger partial charge in [-0.1, -0.05) is 12.8 Å². The molecule has 0 saturated heterocycles. The minimum absolute atomic E-state index is 0.618. The van der Waals surface area contributed by atoms with Crippen molar-refractivity contribution in [2.75, 3.05) is 0 Å². The maximum absolute atomic E-state index is 8.57. The van der Waals surface area contributed by atoms with Crippen molar-refractivity contribution in [3.8, 4) is 6.07 Å². The largest absolute Gasteiger partial charge is 0.246 e. The first-order valence-corrected chi connectivity index (χ1v) is 6.46. The summed E-state index contributed by atoms with van der Waals surface area (Å²) in [5.41, 5.74) is 1.15. The van der Waals surface area contributed by atoms with Gasteiger partial charge in [0.15, 0.2) is 0 Å². The lowest BCUT2D eigenvalue weighted by Crippen LogP contribution is -1.90. The zero-order valence-corrected chi connectivity index (χ0v) is 9.94. The summed E-state index contributed by atoms with van der Waals surface area (Å²) in [5.74, 6) is 0.713. The van der Waals surface area contributed by atoms with Gasteiger partial charge in [0.25, 0.3) is 0 Å². The predicted octanol–water partition coefficient (Wildman–Crippen LogP) is 3.57. The molecule has 0 N–H and O–H groups in total. The van der Waals surface area contributed by atoms with Crippen LogP contribution in [0.4, 0.5) is 0 Å². The van der Waals surface area contributed by atoms with Crippen LogP contribution in [0.1, 0.15) is 53.6 Å². The molecule has 3 heteroatoms. The fraction of sp³-hybridized carbons (Fsp3) is 0.667. The van der Waals surface area contributed by atoms with Gasteiger partial charge in [0.2, 0.25) is 0 Å². The van der Waals surface area contributed by atoms with Crippen LogP contribution in [0.5, 0.6) is 0 Å². The van der Waals surface area contributed by atoms with Crippen molar-refractivity contribution < 1.29 is 0 Å². The second kappa shape index (κ2) is 4.76. The third-order valence-corrected chi connectivity index (χ3v) is 4.46. The monoisotopic (exact) mass is 220 g/mol. The van der Waals surface area contributed by atoms with Crippen molar-refractivity contribution in [1.29, 1.82) is 5.26 Å². The Labute approximate surface area is 95.0 Å².